The zero-order valence-electron chi connectivity index (χ0n) is 7.49. The van der Waals surface area contributed by atoms with Gasteiger partial charge < -0.3 is 9.64 Å². The number of nitrogens with zero attached hydrogens (tertiary/aromatic N) is 1. The van der Waals surface area contributed by atoms with Crippen molar-refractivity contribution in [3.05, 3.63) is 24.4 Å². The number of rotatable bonds is 2. The third-order valence-corrected chi connectivity index (χ3v) is 2.63. The molecule has 0 saturated carbocycles. The van der Waals surface area contributed by atoms with E-state index in [1.165, 1.54) is 6.42 Å². The Kier molecular flexibility index (Phi) is 1.93. The normalized spacial score (nSPS) is 33.6. The number of fused-ring (bicyclic) bond motifs is 2. The van der Waals surface area contributed by atoms with E-state index in [4.69, 9.17) is 4.74 Å². The maximum Gasteiger partial charge on any atom is 0.0771 e. The predicted octanol–water partition coefficient (Wildman–Crippen LogP) is 1.55. The molecule has 2 atom stereocenters. The molecular formula is C10H15NO. The van der Waals surface area contributed by atoms with Gasteiger partial charge in [-0.15, -0.1) is 0 Å². The molecule has 0 aromatic rings. The number of ether oxygens (including phenoxy) is 1. The van der Waals surface area contributed by atoms with E-state index in [0.717, 1.165) is 18.8 Å². The summed E-state index contributed by atoms with van der Waals surface area (Å²) in [6.45, 7) is 7.98. The average Bonchev–Trinajstić information content (AvgIpc) is 2.64. The molecule has 2 rings (SSSR count). The Morgan fingerprint density at radius 2 is 2.50 bits per heavy atom. The summed E-state index contributed by atoms with van der Waals surface area (Å²) in [5.41, 5.74) is 1.13. The lowest BCUT2D eigenvalue weighted by Gasteiger charge is -2.29. The molecule has 0 aliphatic carbocycles. The van der Waals surface area contributed by atoms with E-state index in [2.05, 4.69) is 17.6 Å². The van der Waals surface area contributed by atoms with Gasteiger partial charge in [0.15, 0.2) is 0 Å². The Hall–Kier alpha value is -0.760. The second-order valence-corrected chi connectivity index (χ2v) is 3.49. The first kappa shape index (κ1) is 7.87. The predicted molar refractivity (Wildman–Crippen MR) is 48.8 cm³/mol. The molecule has 0 amide bonds. The van der Waals surface area contributed by atoms with Crippen molar-refractivity contribution in [3.63, 3.8) is 0 Å². The molecule has 2 aliphatic rings. The number of hydrogen-bond donors (Lipinski definition) is 0. The molecule has 12 heavy (non-hydrogen) atoms. The van der Waals surface area contributed by atoms with Crippen LogP contribution < -0.4 is 0 Å². The molecule has 0 aromatic heterocycles. The van der Waals surface area contributed by atoms with Crippen LogP contribution in [0, 0.1) is 0 Å². The van der Waals surface area contributed by atoms with Gasteiger partial charge in [0.1, 0.15) is 0 Å². The third kappa shape index (κ3) is 1.16. The molecule has 0 spiro atoms. The lowest BCUT2D eigenvalue weighted by molar-refractivity contribution is 0.0461. The van der Waals surface area contributed by atoms with Gasteiger partial charge in [0, 0.05) is 12.2 Å². The zero-order valence-corrected chi connectivity index (χ0v) is 7.49. The van der Waals surface area contributed by atoms with E-state index in [0.29, 0.717) is 12.1 Å². The molecule has 2 nitrogen and oxygen atoms in total. The summed E-state index contributed by atoms with van der Waals surface area (Å²) in [6, 6.07) is 0.596. The first-order chi connectivity index (χ1) is 5.81. The molecule has 66 valence electrons. The monoisotopic (exact) mass is 165 g/mol. The van der Waals surface area contributed by atoms with Crippen molar-refractivity contribution in [3.8, 4) is 0 Å². The van der Waals surface area contributed by atoms with Crippen molar-refractivity contribution in [1.29, 1.82) is 0 Å². The van der Waals surface area contributed by atoms with Crippen molar-refractivity contribution >= 4 is 0 Å². The third-order valence-electron chi connectivity index (χ3n) is 2.63. The lowest BCUT2D eigenvalue weighted by Crippen LogP contribution is -2.35. The maximum absolute atomic E-state index is 5.50. The van der Waals surface area contributed by atoms with Gasteiger partial charge in [-0.3, -0.25) is 0 Å². The van der Waals surface area contributed by atoms with Gasteiger partial charge in [-0.2, -0.15) is 0 Å². The Morgan fingerprint density at radius 1 is 1.67 bits per heavy atom. The van der Waals surface area contributed by atoms with E-state index in [-0.39, 0.29) is 0 Å². The summed E-state index contributed by atoms with van der Waals surface area (Å²) >= 11 is 0. The second kappa shape index (κ2) is 2.94. The fourth-order valence-corrected chi connectivity index (χ4v) is 2.04. The lowest BCUT2D eigenvalue weighted by atomic mass is 10.2. The van der Waals surface area contributed by atoms with Gasteiger partial charge in [0.2, 0.25) is 0 Å². The van der Waals surface area contributed by atoms with Crippen LogP contribution in [0.25, 0.3) is 0 Å². The highest BCUT2D eigenvalue weighted by molar-refractivity contribution is 5.16. The highest BCUT2D eigenvalue weighted by Gasteiger charge is 2.38. The van der Waals surface area contributed by atoms with E-state index in [1.54, 1.807) is 0 Å². The summed E-state index contributed by atoms with van der Waals surface area (Å²) in [5.74, 6) is 0. The first-order valence-corrected chi connectivity index (χ1v) is 4.51. The summed E-state index contributed by atoms with van der Waals surface area (Å²) in [5, 5.41) is 0. The molecule has 0 N–H and O–H groups in total. The standard InChI is InChI=1S/C10H15NO/c1-3-4-8(2)11-6-10-5-9(11)7-12-10/h3-4,9-10H,2,5-7H2,1H3/b4-3-/t9-,10-/m1/s1. The van der Waals surface area contributed by atoms with Gasteiger partial charge in [-0.1, -0.05) is 12.7 Å². The Bertz CT molecular complexity index is 222. The van der Waals surface area contributed by atoms with Crippen LogP contribution in [0.1, 0.15) is 13.3 Å². The highest BCUT2D eigenvalue weighted by Crippen LogP contribution is 2.30. The summed E-state index contributed by atoms with van der Waals surface area (Å²) in [7, 11) is 0. The zero-order chi connectivity index (χ0) is 8.55. The summed E-state index contributed by atoms with van der Waals surface area (Å²) in [4.78, 5) is 2.36. The van der Waals surface area contributed by atoms with Crippen LogP contribution in [-0.4, -0.2) is 30.2 Å². The molecule has 2 heteroatoms. The Labute approximate surface area is 73.5 Å². The molecular weight excluding hydrogens is 150 g/mol. The summed E-state index contributed by atoms with van der Waals surface area (Å²) in [6.07, 6.45) is 5.77. The Balaban J connectivity index is 2.02. The van der Waals surface area contributed by atoms with Crippen LogP contribution in [0.2, 0.25) is 0 Å². The van der Waals surface area contributed by atoms with E-state index < -0.39 is 0 Å². The van der Waals surface area contributed by atoms with Gasteiger partial charge >= 0.3 is 0 Å². The Morgan fingerprint density at radius 3 is 3.00 bits per heavy atom. The van der Waals surface area contributed by atoms with Gasteiger partial charge in [0.05, 0.1) is 18.8 Å². The fourth-order valence-electron chi connectivity index (χ4n) is 2.04. The van der Waals surface area contributed by atoms with E-state index in [1.807, 2.05) is 13.0 Å². The van der Waals surface area contributed by atoms with Gasteiger partial charge in [-0.25, -0.2) is 0 Å². The number of hydrogen-bond acceptors (Lipinski definition) is 2. The minimum atomic E-state index is 0.469. The van der Waals surface area contributed by atoms with Crippen LogP contribution >= 0.6 is 0 Å². The SMILES string of the molecule is C=C(/C=C\C)N1C[C@H]2C[C@@H]1CO2. The first-order valence-electron chi connectivity index (χ1n) is 4.51. The minimum Gasteiger partial charge on any atom is -0.374 e. The van der Waals surface area contributed by atoms with Crippen molar-refractivity contribution in [2.24, 2.45) is 0 Å². The number of likely N-dealkylation sites (tertiary alicyclic amines) is 1. The molecule has 0 radical (unpaired) electrons. The molecule has 0 aromatic carbocycles. The van der Waals surface area contributed by atoms with Crippen molar-refractivity contribution in [2.45, 2.75) is 25.5 Å². The van der Waals surface area contributed by atoms with Crippen molar-refractivity contribution in [2.75, 3.05) is 13.2 Å². The van der Waals surface area contributed by atoms with Crippen LogP contribution in [0.4, 0.5) is 0 Å². The molecule has 2 fully saturated rings. The molecule has 0 unspecified atom stereocenters. The van der Waals surface area contributed by atoms with Crippen LogP contribution in [0.5, 0.6) is 0 Å². The maximum atomic E-state index is 5.50. The van der Waals surface area contributed by atoms with E-state index in [9.17, 15) is 0 Å². The minimum absolute atomic E-state index is 0.469. The molecule has 2 bridgehead atoms. The average molecular weight is 165 g/mol. The van der Waals surface area contributed by atoms with E-state index >= 15 is 0 Å². The molecule has 2 heterocycles. The topological polar surface area (TPSA) is 12.5 Å². The highest BCUT2D eigenvalue weighted by atomic mass is 16.5. The fraction of sp³-hybridized carbons (Fsp3) is 0.600. The van der Waals surface area contributed by atoms with Gasteiger partial charge in [-0.05, 0) is 19.4 Å². The number of morpholine rings is 1. The number of allylic oxidation sites excluding steroid dienone is 2. The smallest absolute Gasteiger partial charge is 0.0771 e. The van der Waals surface area contributed by atoms with Crippen molar-refractivity contribution in [1.82, 2.24) is 4.90 Å². The van der Waals surface area contributed by atoms with Crippen molar-refractivity contribution < 1.29 is 4.74 Å². The van der Waals surface area contributed by atoms with Crippen LogP contribution in [0.3, 0.4) is 0 Å². The second-order valence-electron chi connectivity index (χ2n) is 3.49. The molecule has 2 saturated heterocycles. The largest absolute Gasteiger partial charge is 0.374 e. The van der Waals surface area contributed by atoms with Crippen LogP contribution in [0.15, 0.2) is 24.4 Å². The summed E-state index contributed by atoms with van der Waals surface area (Å²) < 4.78 is 5.50. The van der Waals surface area contributed by atoms with Crippen LogP contribution in [-0.2, 0) is 4.74 Å². The van der Waals surface area contributed by atoms with Gasteiger partial charge in [0.25, 0.3) is 0 Å². The quantitative estimate of drug-likeness (QED) is 0.576. The molecule has 2 aliphatic heterocycles.